The maximum atomic E-state index is 12.5. The summed E-state index contributed by atoms with van der Waals surface area (Å²) in [6, 6.07) is 15.8. The van der Waals surface area contributed by atoms with Gasteiger partial charge in [0, 0.05) is 17.3 Å². The zero-order valence-electron chi connectivity index (χ0n) is 13.4. The van der Waals surface area contributed by atoms with Gasteiger partial charge in [-0.2, -0.15) is 5.26 Å². The van der Waals surface area contributed by atoms with Gasteiger partial charge in [0.05, 0.1) is 11.6 Å². The molecule has 1 fully saturated rings. The smallest absolute Gasteiger partial charge is 0.240 e. The number of nitriles is 1. The first-order chi connectivity index (χ1) is 12.0. The van der Waals surface area contributed by atoms with E-state index in [1.807, 2.05) is 18.2 Å². The molecule has 2 aromatic rings. The van der Waals surface area contributed by atoms with Crippen molar-refractivity contribution < 1.29 is 9.59 Å². The highest BCUT2D eigenvalue weighted by atomic mass is 35.5. The Kier molecular flexibility index (Phi) is 4.73. The van der Waals surface area contributed by atoms with Crippen LogP contribution in [0, 0.1) is 16.7 Å². The molecule has 2 N–H and O–H groups in total. The summed E-state index contributed by atoms with van der Waals surface area (Å²) in [5.74, 6) is -0.618. The summed E-state index contributed by atoms with van der Waals surface area (Å²) >= 11 is 5.84. The monoisotopic (exact) mass is 353 g/mol. The fourth-order valence-corrected chi connectivity index (χ4v) is 2.68. The van der Waals surface area contributed by atoms with Crippen LogP contribution in [-0.2, 0) is 16.1 Å². The molecule has 0 unspecified atom stereocenters. The van der Waals surface area contributed by atoms with Crippen LogP contribution in [0.25, 0.3) is 0 Å². The summed E-state index contributed by atoms with van der Waals surface area (Å²) < 4.78 is 0. The first-order valence-electron chi connectivity index (χ1n) is 7.88. The normalized spacial score (nSPS) is 14.2. The summed E-state index contributed by atoms with van der Waals surface area (Å²) in [7, 11) is 0. The third kappa shape index (κ3) is 3.81. The number of carbonyl (C=O) groups is 2. The lowest BCUT2D eigenvalue weighted by Gasteiger charge is -2.15. The fourth-order valence-electron chi connectivity index (χ4n) is 2.55. The van der Waals surface area contributed by atoms with Crippen LogP contribution in [0.1, 0.15) is 24.0 Å². The van der Waals surface area contributed by atoms with Crippen LogP contribution >= 0.6 is 11.6 Å². The van der Waals surface area contributed by atoms with Crippen molar-refractivity contribution in [1.29, 1.82) is 5.26 Å². The first-order valence-corrected chi connectivity index (χ1v) is 8.26. The van der Waals surface area contributed by atoms with Gasteiger partial charge in [-0.3, -0.25) is 9.59 Å². The topological polar surface area (TPSA) is 82.0 Å². The number of carbonyl (C=O) groups excluding carboxylic acids is 2. The summed E-state index contributed by atoms with van der Waals surface area (Å²) in [5, 5.41) is 15.1. The highest BCUT2D eigenvalue weighted by Crippen LogP contribution is 2.46. The van der Waals surface area contributed by atoms with Gasteiger partial charge in [0.15, 0.2) is 0 Å². The number of rotatable bonds is 5. The van der Waals surface area contributed by atoms with Crippen LogP contribution in [-0.4, -0.2) is 11.8 Å². The maximum absolute atomic E-state index is 12.5. The number of benzene rings is 2. The van der Waals surface area contributed by atoms with E-state index in [0.29, 0.717) is 35.7 Å². The van der Waals surface area contributed by atoms with Crippen molar-refractivity contribution in [2.75, 3.05) is 5.32 Å². The van der Waals surface area contributed by atoms with E-state index in [-0.39, 0.29) is 11.8 Å². The third-order valence-corrected chi connectivity index (χ3v) is 4.49. The molecule has 0 spiro atoms. The summed E-state index contributed by atoms with van der Waals surface area (Å²) in [6.45, 7) is 0.342. The zero-order chi connectivity index (χ0) is 17.9. The quantitative estimate of drug-likeness (QED) is 0.809. The Morgan fingerprint density at radius 1 is 1.12 bits per heavy atom. The van der Waals surface area contributed by atoms with Crippen molar-refractivity contribution in [3.8, 4) is 6.07 Å². The molecule has 5 nitrogen and oxygen atoms in total. The van der Waals surface area contributed by atoms with Crippen molar-refractivity contribution in [3.63, 3.8) is 0 Å². The van der Waals surface area contributed by atoms with Crippen LogP contribution < -0.4 is 10.6 Å². The Morgan fingerprint density at radius 3 is 2.48 bits per heavy atom. The second-order valence-corrected chi connectivity index (χ2v) is 6.47. The highest BCUT2D eigenvalue weighted by molar-refractivity contribution is 6.30. The van der Waals surface area contributed by atoms with Crippen LogP contribution in [0.15, 0.2) is 48.5 Å². The Balaban J connectivity index is 1.62. The number of nitrogens with zero attached hydrogens (tertiary/aromatic N) is 1. The van der Waals surface area contributed by atoms with Gasteiger partial charge in [-0.25, -0.2) is 0 Å². The average Bonchev–Trinajstić information content (AvgIpc) is 3.43. The van der Waals surface area contributed by atoms with Crippen molar-refractivity contribution >= 4 is 29.1 Å². The molecule has 0 saturated heterocycles. The van der Waals surface area contributed by atoms with E-state index < -0.39 is 5.41 Å². The summed E-state index contributed by atoms with van der Waals surface area (Å²) in [4.78, 5) is 25.0. The van der Waals surface area contributed by atoms with Gasteiger partial charge >= 0.3 is 0 Å². The number of amides is 2. The van der Waals surface area contributed by atoms with Crippen molar-refractivity contribution in [1.82, 2.24) is 5.32 Å². The number of anilines is 1. The van der Waals surface area contributed by atoms with E-state index in [4.69, 9.17) is 16.9 Å². The lowest BCUT2D eigenvalue weighted by atomic mass is 10.0. The van der Waals surface area contributed by atoms with Gasteiger partial charge < -0.3 is 10.6 Å². The molecule has 0 aliphatic heterocycles. The largest absolute Gasteiger partial charge is 0.351 e. The molecule has 1 saturated carbocycles. The van der Waals surface area contributed by atoms with E-state index in [2.05, 4.69) is 10.6 Å². The fraction of sp³-hybridized carbons (Fsp3) is 0.211. The molecule has 0 bridgehead atoms. The van der Waals surface area contributed by atoms with E-state index in [1.54, 1.807) is 36.4 Å². The van der Waals surface area contributed by atoms with E-state index in [9.17, 15) is 9.59 Å². The van der Waals surface area contributed by atoms with Crippen LogP contribution in [0.4, 0.5) is 5.69 Å². The van der Waals surface area contributed by atoms with Gasteiger partial charge in [0.25, 0.3) is 0 Å². The summed E-state index contributed by atoms with van der Waals surface area (Å²) in [6.07, 6.45) is 1.03. The third-order valence-electron chi connectivity index (χ3n) is 4.24. The van der Waals surface area contributed by atoms with Crippen molar-refractivity contribution in [2.45, 2.75) is 19.4 Å². The van der Waals surface area contributed by atoms with Gasteiger partial charge in [-0.1, -0.05) is 29.8 Å². The number of hydrogen-bond acceptors (Lipinski definition) is 3. The highest BCUT2D eigenvalue weighted by Gasteiger charge is 2.56. The lowest BCUT2D eigenvalue weighted by molar-refractivity contribution is -0.134. The molecule has 0 radical (unpaired) electrons. The van der Waals surface area contributed by atoms with Crippen LogP contribution in [0.5, 0.6) is 0 Å². The van der Waals surface area contributed by atoms with Gasteiger partial charge in [-0.15, -0.1) is 0 Å². The molecule has 2 amide bonds. The van der Waals surface area contributed by atoms with E-state index in [1.165, 1.54) is 0 Å². The molecular formula is C19H16ClN3O2. The molecule has 0 aromatic heterocycles. The molecule has 25 heavy (non-hydrogen) atoms. The Hall–Kier alpha value is -2.84. The van der Waals surface area contributed by atoms with Gasteiger partial charge in [-0.05, 0) is 48.7 Å². The first kappa shape index (κ1) is 17.0. The van der Waals surface area contributed by atoms with Gasteiger partial charge in [0.2, 0.25) is 11.8 Å². The molecule has 1 aliphatic rings. The number of nitrogens with one attached hydrogen (secondary N) is 2. The Morgan fingerprint density at radius 2 is 1.84 bits per heavy atom. The molecule has 0 atom stereocenters. The van der Waals surface area contributed by atoms with Crippen molar-refractivity contribution in [2.24, 2.45) is 5.41 Å². The lowest BCUT2D eigenvalue weighted by Crippen LogP contribution is -2.39. The van der Waals surface area contributed by atoms with Crippen LogP contribution in [0.3, 0.4) is 0 Å². The van der Waals surface area contributed by atoms with E-state index in [0.717, 1.165) is 5.56 Å². The number of hydrogen-bond donors (Lipinski definition) is 2. The molecular weight excluding hydrogens is 338 g/mol. The predicted molar refractivity (Wildman–Crippen MR) is 94.8 cm³/mol. The second kappa shape index (κ2) is 6.96. The molecule has 3 rings (SSSR count). The maximum Gasteiger partial charge on any atom is 0.240 e. The zero-order valence-corrected chi connectivity index (χ0v) is 14.1. The van der Waals surface area contributed by atoms with E-state index >= 15 is 0 Å². The molecule has 0 heterocycles. The molecule has 1 aliphatic carbocycles. The minimum Gasteiger partial charge on any atom is -0.351 e. The molecule has 2 aromatic carbocycles. The average molecular weight is 354 g/mol. The second-order valence-electron chi connectivity index (χ2n) is 6.04. The summed E-state index contributed by atoms with van der Waals surface area (Å²) in [5.41, 5.74) is 0.862. The van der Waals surface area contributed by atoms with Crippen molar-refractivity contribution in [3.05, 3.63) is 64.7 Å². The van der Waals surface area contributed by atoms with Crippen LogP contribution in [0.2, 0.25) is 5.02 Å². The Bertz CT molecular complexity index is 852. The standard InChI is InChI=1S/C19H16ClN3O2/c20-15-6-4-13(5-7-15)12-22-17(24)19(8-9-19)18(25)23-16-3-1-2-14(10-16)11-21/h1-7,10H,8-9,12H2,(H,22,24)(H,23,25). The minimum atomic E-state index is -1.02. The van der Waals surface area contributed by atoms with Gasteiger partial charge in [0.1, 0.15) is 5.41 Å². The minimum absolute atomic E-state index is 0.281. The Labute approximate surface area is 150 Å². The number of halogens is 1. The molecule has 6 heteroatoms. The SMILES string of the molecule is N#Cc1cccc(NC(=O)C2(C(=O)NCc3ccc(Cl)cc3)CC2)c1. The molecule has 126 valence electrons. The predicted octanol–water partition coefficient (Wildman–Crippen LogP) is 3.25.